The predicted octanol–water partition coefficient (Wildman–Crippen LogP) is -0.547. The van der Waals surface area contributed by atoms with Gasteiger partial charge in [-0.25, -0.2) is 0 Å². The molecule has 0 aromatic heterocycles. The van der Waals surface area contributed by atoms with Crippen molar-refractivity contribution in [3.63, 3.8) is 0 Å². The van der Waals surface area contributed by atoms with Gasteiger partial charge < -0.3 is 20.9 Å². The minimum Gasteiger partial charge on any atom is -0.491 e. The average molecular weight is 236 g/mol. The van der Waals surface area contributed by atoms with Crippen molar-refractivity contribution in [3.8, 4) is 11.5 Å². The molecule has 2 rings (SSSR count). The van der Waals surface area contributed by atoms with E-state index in [0.29, 0.717) is 17.1 Å². The summed E-state index contributed by atoms with van der Waals surface area (Å²) >= 11 is 0. The highest BCUT2D eigenvalue weighted by atomic mass is 16.5. The van der Waals surface area contributed by atoms with Crippen LogP contribution in [0.5, 0.6) is 11.5 Å². The molecule has 4 N–H and O–H groups in total. The molecule has 0 spiro atoms. The molecule has 1 amide bonds. The molecule has 0 saturated carbocycles. The van der Waals surface area contributed by atoms with Crippen LogP contribution in [-0.4, -0.2) is 30.9 Å². The van der Waals surface area contributed by atoms with Gasteiger partial charge in [0.25, 0.3) is 0 Å². The molecule has 0 bridgehead atoms. The fraction of sp³-hybridized carbons (Fsp3) is 0.273. The van der Waals surface area contributed by atoms with Crippen LogP contribution in [0.25, 0.3) is 0 Å². The van der Waals surface area contributed by atoms with E-state index in [-0.39, 0.29) is 19.0 Å². The van der Waals surface area contributed by atoms with Crippen LogP contribution in [0.4, 0.5) is 0 Å². The van der Waals surface area contributed by atoms with Crippen molar-refractivity contribution in [1.82, 2.24) is 0 Å². The molecule has 1 unspecified atom stereocenters. The highest BCUT2D eigenvalue weighted by Crippen LogP contribution is 2.29. The lowest BCUT2D eigenvalue weighted by molar-refractivity contribution is -0.119. The van der Waals surface area contributed by atoms with Gasteiger partial charge in [-0.15, -0.1) is 0 Å². The fourth-order valence-corrected chi connectivity index (χ4v) is 1.43. The van der Waals surface area contributed by atoms with E-state index < -0.39 is 11.9 Å². The summed E-state index contributed by atoms with van der Waals surface area (Å²) in [6.07, 6.45) is 0. The predicted molar refractivity (Wildman–Crippen MR) is 58.9 cm³/mol. The number of ketones is 1. The molecule has 90 valence electrons. The zero-order valence-corrected chi connectivity index (χ0v) is 9.01. The number of hydrogen-bond donors (Lipinski definition) is 2. The summed E-state index contributed by atoms with van der Waals surface area (Å²) in [5, 5.41) is 0. The van der Waals surface area contributed by atoms with E-state index in [1.165, 1.54) is 0 Å². The lowest BCUT2D eigenvalue weighted by Gasteiger charge is -2.10. The number of rotatable bonds is 4. The van der Waals surface area contributed by atoms with E-state index >= 15 is 0 Å². The third-order valence-corrected chi connectivity index (χ3v) is 2.41. The summed E-state index contributed by atoms with van der Waals surface area (Å²) < 4.78 is 10.4. The first-order valence-corrected chi connectivity index (χ1v) is 5.05. The molecular formula is C11H12N2O4. The molecule has 6 nitrogen and oxygen atoms in total. The zero-order chi connectivity index (χ0) is 12.4. The zero-order valence-electron chi connectivity index (χ0n) is 9.01. The topological polar surface area (TPSA) is 105 Å². The maximum Gasteiger partial charge on any atom is 0.237 e. The Balaban J connectivity index is 2.04. The minimum atomic E-state index is -0.856. The normalized spacial score (nSPS) is 15.0. The van der Waals surface area contributed by atoms with Gasteiger partial charge in [-0.1, -0.05) is 0 Å². The van der Waals surface area contributed by atoms with E-state index in [1.54, 1.807) is 18.2 Å². The average Bonchev–Trinajstić information content (AvgIpc) is 2.67. The van der Waals surface area contributed by atoms with Gasteiger partial charge in [-0.3, -0.25) is 9.59 Å². The van der Waals surface area contributed by atoms with Gasteiger partial charge in [0.05, 0.1) is 5.56 Å². The lowest BCUT2D eigenvalue weighted by atomic mass is 10.1. The van der Waals surface area contributed by atoms with Gasteiger partial charge in [-0.05, 0) is 12.1 Å². The first-order chi connectivity index (χ1) is 8.08. The van der Waals surface area contributed by atoms with Gasteiger partial charge in [-0.2, -0.15) is 0 Å². The molecule has 1 aliphatic heterocycles. The Hall–Kier alpha value is -2.08. The summed E-state index contributed by atoms with van der Waals surface area (Å²) in [4.78, 5) is 22.0. The number of carbonyl (C=O) groups is 2. The summed E-state index contributed by atoms with van der Waals surface area (Å²) in [6, 6.07) is 3.98. The Kier molecular flexibility index (Phi) is 2.97. The van der Waals surface area contributed by atoms with E-state index in [0.717, 1.165) is 0 Å². The molecule has 6 heteroatoms. The number of fused-ring (bicyclic) bond motifs is 1. The Morgan fingerprint density at radius 1 is 1.53 bits per heavy atom. The third-order valence-electron chi connectivity index (χ3n) is 2.41. The Bertz CT molecular complexity index is 473. The van der Waals surface area contributed by atoms with Crippen molar-refractivity contribution in [2.24, 2.45) is 11.5 Å². The quantitative estimate of drug-likeness (QED) is 0.730. The maximum absolute atomic E-state index is 11.3. The van der Waals surface area contributed by atoms with Gasteiger partial charge in [0.1, 0.15) is 24.1 Å². The van der Waals surface area contributed by atoms with Crippen molar-refractivity contribution < 1.29 is 19.1 Å². The van der Waals surface area contributed by atoms with Crippen LogP contribution in [0.2, 0.25) is 0 Å². The highest BCUT2D eigenvalue weighted by Gasteiger charge is 2.21. The first-order valence-electron chi connectivity index (χ1n) is 5.05. The van der Waals surface area contributed by atoms with E-state index in [9.17, 15) is 9.59 Å². The van der Waals surface area contributed by atoms with Crippen molar-refractivity contribution in [1.29, 1.82) is 0 Å². The van der Waals surface area contributed by atoms with Gasteiger partial charge in [0.2, 0.25) is 11.7 Å². The number of ether oxygens (including phenoxy) is 2. The van der Waals surface area contributed by atoms with Crippen LogP contribution < -0.4 is 20.9 Å². The number of carbonyl (C=O) groups excluding carboxylic acids is 2. The van der Waals surface area contributed by atoms with E-state index in [2.05, 4.69) is 0 Å². The monoisotopic (exact) mass is 236 g/mol. The summed E-state index contributed by atoms with van der Waals surface area (Å²) in [5.41, 5.74) is 10.9. The van der Waals surface area contributed by atoms with Crippen LogP contribution in [0.1, 0.15) is 10.4 Å². The maximum atomic E-state index is 11.3. The summed E-state index contributed by atoms with van der Waals surface area (Å²) in [6.45, 7) is 0.0433. The Labute approximate surface area is 97.5 Å². The molecule has 0 fully saturated rings. The number of primary amides is 1. The lowest BCUT2D eigenvalue weighted by Crippen LogP contribution is -2.41. The second kappa shape index (κ2) is 4.42. The van der Waals surface area contributed by atoms with Crippen LogP contribution in [-0.2, 0) is 4.79 Å². The highest BCUT2D eigenvalue weighted by molar-refractivity contribution is 6.02. The Morgan fingerprint density at radius 3 is 3.00 bits per heavy atom. The number of Topliss-reactive ketones (excluding diaryl/α,β-unsaturated/α-hetero) is 1. The second-order valence-corrected chi connectivity index (χ2v) is 3.69. The minimum absolute atomic E-state index is 0.0118. The van der Waals surface area contributed by atoms with Gasteiger partial charge >= 0.3 is 0 Å². The fourth-order valence-electron chi connectivity index (χ4n) is 1.43. The van der Waals surface area contributed by atoms with Crippen molar-refractivity contribution in [2.75, 3.05) is 13.2 Å². The molecule has 0 aliphatic carbocycles. The van der Waals surface area contributed by atoms with Gasteiger partial charge in [0, 0.05) is 6.07 Å². The number of nitrogens with two attached hydrogens (primary N) is 2. The third kappa shape index (κ3) is 2.36. The number of amides is 1. The molecule has 0 saturated heterocycles. The molecule has 0 radical (unpaired) electrons. The SMILES string of the molecule is NC(=O)C(N)COc1ccc2c(c1)OCC2=O. The van der Waals surface area contributed by atoms with Gasteiger partial charge in [0.15, 0.2) is 6.61 Å². The molecule has 1 atom stereocenters. The van der Waals surface area contributed by atoms with E-state index in [1.807, 2.05) is 0 Å². The number of hydrogen-bond acceptors (Lipinski definition) is 5. The molecule has 1 aromatic carbocycles. The van der Waals surface area contributed by atoms with Crippen molar-refractivity contribution >= 4 is 11.7 Å². The molecule has 1 heterocycles. The molecule has 17 heavy (non-hydrogen) atoms. The summed E-state index contributed by atoms with van der Waals surface area (Å²) in [5.74, 6) is 0.285. The van der Waals surface area contributed by atoms with Crippen LogP contribution in [0.15, 0.2) is 18.2 Å². The molecule has 1 aliphatic rings. The Morgan fingerprint density at radius 2 is 2.29 bits per heavy atom. The van der Waals surface area contributed by atoms with Crippen molar-refractivity contribution in [3.05, 3.63) is 23.8 Å². The van der Waals surface area contributed by atoms with E-state index in [4.69, 9.17) is 20.9 Å². The largest absolute Gasteiger partial charge is 0.491 e. The smallest absolute Gasteiger partial charge is 0.237 e. The standard InChI is InChI=1S/C11H12N2O4/c12-8(11(13)15)4-16-6-1-2-7-9(14)5-17-10(7)3-6/h1-3,8H,4-5,12H2,(H2,13,15). The van der Waals surface area contributed by atoms with Crippen LogP contribution in [0.3, 0.4) is 0 Å². The molecule has 1 aromatic rings. The second-order valence-electron chi connectivity index (χ2n) is 3.69. The summed E-state index contributed by atoms with van der Waals surface area (Å²) in [7, 11) is 0. The van der Waals surface area contributed by atoms with Crippen molar-refractivity contribution in [2.45, 2.75) is 6.04 Å². The van der Waals surface area contributed by atoms with Crippen LogP contribution >= 0.6 is 0 Å². The molecular weight excluding hydrogens is 224 g/mol. The number of benzene rings is 1. The van der Waals surface area contributed by atoms with Crippen LogP contribution in [0, 0.1) is 0 Å². The first kappa shape index (κ1) is 11.4.